The fraction of sp³-hybridized carbons (Fsp3) is 0.435. The van der Waals surface area contributed by atoms with Gasteiger partial charge in [-0.3, -0.25) is 19.7 Å². The van der Waals surface area contributed by atoms with Crippen molar-refractivity contribution in [3.05, 3.63) is 58.3 Å². The number of halogens is 1. The molecule has 0 spiro atoms. The highest BCUT2D eigenvalue weighted by Crippen LogP contribution is 2.35. The molecule has 3 rings (SSSR count). The van der Waals surface area contributed by atoms with E-state index in [1.807, 2.05) is 47.8 Å². The van der Waals surface area contributed by atoms with E-state index in [1.54, 1.807) is 30.0 Å². The molecule has 1 aromatic carbocycles. The number of nitrogens with one attached hydrogen (secondary N) is 1. The van der Waals surface area contributed by atoms with Crippen LogP contribution in [-0.4, -0.2) is 65.4 Å². The van der Waals surface area contributed by atoms with Crippen LogP contribution in [0.2, 0.25) is 0 Å². The molecular weight excluding hydrogens is 484 g/mol. The van der Waals surface area contributed by atoms with Crippen LogP contribution < -0.4 is 5.32 Å². The molecule has 0 aliphatic carbocycles. The molecule has 180 valence electrons. The Hall–Kier alpha value is -2.07. The zero-order chi connectivity index (χ0) is 22.9. The maximum Gasteiger partial charge on any atom is 0.323 e. The summed E-state index contributed by atoms with van der Waals surface area (Å²) in [6, 6.07) is 12.4. The third kappa shape index (κ3) is 8.03. The standard InChI is InChI=1S/C23H28N2O5S2.ClH/c1-2-30-23(29)17(11-10-16-7-4-3-5-8-16)24-18-15-32-20(19-9-6-12-31-19)13-25(22(18)28)14-21(26)27;/h3-9,12,17-18,20,24H,2,10-11,13-15H2,1H3,(H,26,27);1H/t17-,18-,20?;/m0./s1. The van der Waals surface area contributed by atoms with Gasteiger partial charge in [-0.15, -0.1) is 35.5 Å². The minimum absolute atomic E-state index is 0. The number of carbonyl (C=O) groups excluding carboxylic acids is 2. The van der Waals surface area contributed by atoms with Crippen LogP contribution in [0.5, 0.6) is 0 Å². The molecule has 1 aliphatic rings. The smallest absolute Gasteiger partial charge is 0.323 e. The van der Waals surface area contributed by atoms with E-state index < -0.39 is 24.0 Å². The molecule has 3 atom stereocenters. The van der Waals surface area contributed by atoms with Gasteiger partial charge < -0.3 is 14.7 Å². The molecule has 1 saturated heterocycles. The van der Waals surface area contributed by atoms with Crippen LogP contribution in [0.15, 0.2) is 47.8 Å². The molecule has 7 nitrogen and oxygen atoms in total. The van der Waals surface area contributed by atoms with Gasteiger partial charge >= 0.3 is 11.9 Å². The van der Waals surface area contributed by atoms with E-state index in [0.717, 1.165) is 10.4 Å². The number of aryl methyl sites for hydroxylation is 1. The molecule has 2 aromatic rings. The number of hydrogen-bond donors (Lipinski definition) is 2. The highest BCUT2D eigenvalue weighted by Gasteiger charge is 2.36. The maximum atomic E-state index is 13.2. The lowest BCUT2D eigenvalue weighted by Crippen LogP contribution is -2.53. The summed E-state index contributed by atoms with van der Waals surface area (Å²) in [5.74, 6) is -1.31. The number of benzene rings is 1. The lowest BCUT2D eigenvalue weighted by atomic mass is 10.0. The zero-order valence-corrected chi connectivity index (χ0v) is 20.8. The lowest BCUT2D eigenvalue weighted by molar-refractivity contribution is -0.148. The maximum absolute atomic E-state index is 13.2. The summed E-state index contributed by atoms with van der Waals surface area (Å²) in [4.78, 5) is 39.7. The van der Waals surface area contributed by atoms with Crippen molar-refractivity contribution in [1.29, 1.82) is 0 Å². The van der Waals surface area contributed by atoms with Gasteiger partial charge in [0.2, 0.25) is 5.91 Å². The van der Waals surface area contributed by atoms with Crippen LogP contribution in [0.25, 0.3) is 0 Å². The summed E-state index contributed by atoms with van der Waals surface area (Å²) in [7, 11) is 0. The minimum Gasteiger partial charge on any atom is -0.480 e. The topological polar surface area (TPSA) is 95.9 Å². The highest BCUT2D eigenvalue weighted by atomic mass is 35.5. The number of carboxylic acid groups (broad SMARTS) is 1. The van der Waals surface area contributed by atoms with E-state index in [4.69, 9.17) is 4.74 Å². The first-order valence-corrected chi connectivity index (χ1v) is 12.5. The number of esters is 1. The van der Waals surface area contributed by atoms with Gasteiger partial charge in [0.25, 0.3) is 0 Å². The van der Waals surface area contributed by atoms with E-state index in [-0.39, 0.29) is 36.7 Å². The van der Waals surface area contributed by atoms with Crippen molar-refractivity contribution >= 4 is 53.4 Å². The second-order valence-corrected chi connectivity index (χ2v) is 9.71. The Bertz CT molecular complexity index is 898. The molecule has 0 radical (unpaired) electrons. The fourth-order valence-electron chi connectivity index (χ4n) is 3.63. The van der Waals surface area contributed by atoms with Gasteiger partial charge in [0, 0.05) is 17.2 Å². The van der Waals surface area contributed by atoms with Crippen molar-refractivity contribution in [1.82, 2.24) is 10.2 Å². The average molecular weight is 513 g/mol. The predicted molar refractivity (Wildman–Crippen MR) is 133 cm³/mol. The summed E-state index contributed by atoms with van der Waals surface area (Å²) in [6.07, 6.45) is 1.13. The Labute approximate surface area is 208 Å². The number of aliphatic carboxylic acids is 1. The molecule has 1 aromatic heterocycles. The average Bonchev–Trinajstić information content (AvgIpc) is 3.27. The summed E-state index contributed by atoms with van der Waals surface area (Å²) in [6.45, 7) is 1.95. The molecule has 2 heterocycles. The van der Waals surface area contributed by atoms with Crippen LogP contribution in [0, 0.1) is 0 Å². The van der Waals surface area contributed by atoms with Gasteiger partial charge in [-0.2, -0.15) is 0 Å². The van der Waals surface area contributed by atoms with E-state index in [9.17, 15) is 19.5 Å². The molecular formula is C23H29ClN2O5S2. The Morgan fingerprint density at radius 1 is 1.24 bits per heavy atom. The molecule has 10 heteroatoms. The Balaban J connectivity index is 0.00000385. The highest BCUT2D eigenvalue weighted by molar-refractivity contribution is 7.99. The number of thioether (sulfide) groups is 1. The van der Waals surface area contributed by atoms with Gasteiger partial charge in [0.15, 0.2) is 0 Å². The monoisotopic (exact) mass is 512 g/mol. The Morgan fingerprint density at radius 2 is 2.00 bits per heavy atom. The number of ether oxygens (including phenoxy) is 1. The molecule has 1 amide bonds. The Kier molecular flexibility index (Phi) is 11.2. The normalized spacial score (nSPS) is 19.3. The summed E-state index contributed by atoms with van der Waals surface area (Å²) in [5.41, 5.74) is 1.09. The molecule has 0 bridgehead atoms. The quantitative estimate of drug-likeness (QED) is 0.471. The lowest BCUT2D eigenvalue weighted by Gasteiger charge is -2.26. The second-order valence-electron chi connectivity index (χ2n) is 7.50. The fourth-order valence-corrected chi connectivity index (χ4v) is 5.89. The summed E-state index contributed by atoms with van der Waals surface area (Å²) >= 11 is 3.20. The first-order valence-electron chi connectivity index (χ1n) is 10.6. The largest absolute Gasteiger partial charge is 0.480 e. The number of nitrogens with zero attached hydrogens (tertiary/aromatic N) is 1. The predicted octanol–water partition coefficient (Wildman–Crippen LogP) is 3.39. The van der Waals surface area contributed by atoms with Gasteiger partial charge in [-0.1, -0.05) is 36.4 Å². The van der Waals surface area contributed by atoms with E-state index in [1.165, 1.54) is 4.90 Å². The SMILES string of the molecule is CCOC(=O)[C@H](CCc1ccccc1)N[C@H]1CSC(c2cccs2)CN(CC(=O)O)C1=O.Cl. The third-order valence-electron chi connectivity index (χ3n) is 5.18. The molecule has 1 unspecified atom stereocenters. The van der Waals surface area contributed by atoms with Crippen molar-refractivity contribution in [3.63, 3.8) is 0 Å². The van der Waals surface area contributed by atoms with E-state index in [0.29, 0.717) is 25.1 Å². The van der Waals surface area contributed by atoms with Crippen LogP contribution in [0.3, 0.4) is 0 Å². The van der Waals surface area contributed by atoms with Crippen molar-refractivity contribution in [2.24, 2.45) is 0 Å². The molecule has 0 saturated carbocycles. The van der Waals surface area contributed by atoms with Gasteiger partial charge in [-0.25, -0.2) is 0 Å². The summed E-state index contributed by atoms with van der Waals surface area (Å²) < 4.78 is 5.25. The van der Waals surface area contributed by atoms with Crippen LogP contribution in [0.4, 0.5) is 0 Å². The number of carboxylic acids is 1. The first kappa shape index (κ1) is 27.2. The van der Waals surface area contributed by atoms with Crippen molar-refractivity contribution in [2.75, 3.05) is 25.4 Å². The number of amides is 1. The van der Waals surface area contributed by atoms with Crippen LogP contribution in [0.1, 0.15) is 29.0 Å². The van der Waals surface area contributed by atoms with Crippen LogP contribution in [-0.2, 0) is 25.5 Å². The summed E-state index contributed by atoms with van der Waals surface area (Å²) in [5, 5.41) is 14.5. The Morgan fingerprint density at radius 3 is 2.64 bits per heavy atom. The van der Waals surface area contributed by atoms with Crippen LogP contribution >= 0.6 is 35.5 Å². The van der Waals surface area contributed by atoms with E-state index >= 15 is 0 Å². The van der Waals surface area contributed by atoms with Gasteiger partial charge in [-0.05, 0) is 36.8 Å². The second kappa shape index (κ2) is 13.6. The van der Waals surface area contributed by atoms with Gasteiger partial charge in [0.05, 0.1) is 17.9 Å². The minimum atomic E-state index is -1.06. The number of hydrogen-bond acceptors (Lipinski definition) is 7. The molecule has 33 heavy (non-hydrogen) atoms. The zero-order valence-electron chi connectivity index (χ0n) is 18.3. The number of thiophene rings is 1. The third-order valence-corrected chi connectivity index (χ3v) is 7.65. The number of rotatable bonds is 10. The van der Waals surface area contributed by atoms with Crippen molar-refractivity contribution in [2.45, 2.75) is 37.1 Å². The molecule has 2 N–H and O–H groups in total. The van der Waals surface area contributed by atoms with Crippen molar-refractivity contribution in [3.8, 4) is 0 Å². The first-order chi connectivity index (χ1) is 15.5. The molecule has 1 aliphatic heterocycles. The number of carbonyl (C=O) groups is 3. The molecule has 1 fully saturated rings. The van der Waals surface area contributed by atoms with Crippen molar-refractivity contribution < 1.29 is 24.2 Å². The van der Waals surface area contributed by atoms with Gasteiger partial charge in [0.1, 0.15) is 12.6 Å². The van der Waals surface area contributed by atoms with E-state index in [2.05, 4.69) is 5.32 Å².